The Labute approximate surface area is 168 Å². The average molecular weight is 396 g/mol. The highest BCUT2D eigenvalue weighted by Gasteiger charge is 2.59. The quantitative estimate of drug-likeness (QED) is 0.583. The molecule has 2 unspecified atom stereocenters. The molecule has 4 bridgehead atoms. The van der Waals surface area contributed by atoms with Crippen LogP contribution in [0, 0.1) is 16.7 Å². The Morgan fingerprint density at radius 1 is 1.04 bits per heavy atom. The Kier molecular flexibility index (Phi) is 4.77. The molecule has 0 amide bonds. The molecule has 0 heterocycles. The normalized spacial score (nSPS) is 38.0. The van der Waals surface area contributed by atoms with Gasteiger partial charge in [0.1, 0.15) is 0 Å². The van der Waals surface area contributed by atoms with E-state index in [2.05, 4.69) is 26.1 Å². The van der Waals surface area contributed by atoms with Gasteiger partial charge in [0, 0.05) is 12.1 Å². The predicted octanol–water partition coefficient (Wildman–Crippen LogP) is 6.62. The van der Waals surface area contributed by atoms with E-state index in [0.717, 1.165) is 24.4 Å². The van der Waals surface area contributed by atoms with Crippen LogP contribution < -0.4 is 10.1 Å². The van der Waals surface area contributed by atoms with Crippen LogP contribution in [0.2, 0.25) is 10.0 Å². The van der Waals surface area contributed by atoms with Crippen molar-refractivity contribution >= 4 is 23.2 Å². The molecule has 4 aliphatic carbocycles. The Morgan fingerprint density at radius 3 is 2.19 bits per heavy atom. The number of rotatable bonds is 6. The molecule has 5 rings (SSSR count). The molecule has 1 aromatic rings. The van der Waals surface area contributed by atoms with Crippen molar-refractivity contribution in [1.82, 2.24) is 5.32 Å². The van der Waals surface area contributed by atoms with E-state index in [1.165, 1.54) is 38.5 Å². The highest BCUT2D eigenvalue weighted by Crippen LogP contribution is 2.66. The maximum absolute atomic E-state index is 6.43. The van der Waals surface area contributed by atoms with E-state index in [1.54, 1.807) is 0 Å². The topological polar surface area (TPSA) is 21.3 Å². The van der Waals surface area contributed by atoms with Crippen molar-refractivity contribution in [3.8, 4) is 5.75 Å². The summed E-state index contributed by atoms with van der Waals surface area (Å²) in [7, 11) is 0. The summed E-state index contributed by atoms with van der Waals surface area (Å²) in [6, 6.07) is 4.02. The summed E-state index contributed by atoms with van der Waals surface area (Å²) in [6.45, 7) is 8.57. The Balaban J connectivity index is 1.49. The molecule has 4 fully saturated rings. The summed E-state index contributed by atoms with van der Waals surface area (Å²) in [5, 5.41) is 5.19. The minimum Gasteiger partial charge on any atom is -0.490 e. The van der Waals surface area contributed by atoms with Gasteiger partial charge in [-0.25, -0.2) is 0 Å². The zero-order chi connectivity index (χ0) is 18.6. The van der Waals surface area contributed by atoms with Gasteiger partial charge in [-0.15, -0.1) is 0 Å². The highest BCUT2D eigenvalue weighted by atomic mass is 35.5. The smallest absolute Gasteiger partial charge is 0.156 e. The molecule has 26 heavy (non-hydrogen) atoms. The number of ether oxygens (including phenoxy) is 1. The van der Waals surface area contributed by atoms with Crippen LogP contribution in [0.25, 0.3) is 0 Å². The summed E-state index contributed by atoms with van der Waals surface area (Å²) in [5.41, 5.74) is 2.48. The van der Waals surface area contributed by atoms with Gasteiger partial charge in [0.15, 0.2) is 5.75 Å². The molecule has 1 aromatic carbocycles. The molecule has 1 N–H and O–H groups in total. The molecular formula is C22H31Cl2NO. The van der Waals surface area contributed by atoms with E-state index < -0.39 is 0 Å². The lowest BCUT2D eigenvalue weighted by molar-refractivity contribution is -0.118. The largest absolute Gasteiger partial charge is 0.490 e. The zero-order valence-electron chi connectivity index (χ0n) is 16.3. The Hall–Kier alpha value is -0.440. The van der Waals surface area contributed by atoms with Gasteiger partial charge in [0.25, 0.3) is 0 Å². The van der Waals surface area contributed by atoms with Crippen molar-refractivity contribution in [2.75, 3.05) is 6.61 Å². The van der Waals surface area contributed by atoms with Gasteiger partial charge in [0.2, 0.25) is 0 Å². The standard InChI is InChI=1S/C22H31Cl2NO/c1-4-5-26-19-17(23)6-15(7-18(19)24)11-25-22-10-16-8-20(2,13-22)12-21(3,9-16)14-22/h6-7,16,25H,4-5,8-14H2,1-3H3. The Bertz CT molecular complexity index is 662. The monoisotopic (exact) mass is 395 g/mol. The van der Waals surface area contributed by atoms with Crippen LogP contribution >= 0.6 is 23.2 Å². The first-order chi connectivity index (χ1) is 12.2. The molecule has 4 heteroatoms. The molecule has 4 aliphatic rings. The lowest BCUT2D eigenvalue weighted by Crippen LogP contribution is -2.63. The summed E-state index contributed by atoms with van der Waals surface area (Å²) in [4.78, 5) is 0. The van der Waals surface area contributed by atoms with Crippen molar-refractivity contribution in [1.29, 1.82) is 0 Å². The van der Waals surface area contributed by atoms with Crippen LogP contribution in [0.4, 0.5) is 0 Å². The van der Waals surface area contributed by atoms with Gasteiger partial charge in [0.05, 0.1) is 16.7 Å². The van der Waals surface area contributed by atoms with Gasteiger partial charge in [-0.05, 0) is 79.4 Å². The van der Waals surface area contributed by atoms with Crippen LogP contribution in [0.1, 0.15) is 71.3 Å². The molecule has 0 aromatic heterocycles. The van der Waals surface area contributed by atoms with E-state index in [-0.39, 0.29) is 0 Å². The Morgan fingerprint density at radius 2 is 1.65 bits per heavy atom. The van der Waals surface area contributed by atoms with Crippen molar-refractivity contribution in [3.05, 3.63) is 27.7 Å². The lowest BCUT2D eigenvalue weighted by atomic mass is 9.43. The van der Waals surface area contributed by atoms with E-state index in [0.29, 0.717) is 38.8 Å². The number of nitrogens with one attached hydrogen (secondary N) is 1. The maximum atomic E-state index is 6.43. The summed E-state index contributed by atoms with van der Waals surface area (Å²) in [5.74, 6) is 1.51. The summed E-state index contributed by atoms with van der Waals surface area (Å²) < 4.78 is 5.69. The van der Waals surface area contributed by atoms with E-state index in [9.17, 15) is 0 Å². The van der Waals surface area contributed by atoms with Gasteiger partial charge < -0.3 is 10.1 Å². The first-order valence-electron chi connectivity index (χ1n) is 10.1. The molecule has 0 radical (unpaired) electrons. The first-order valence-corrected chi connectivity index (χ1v) is 10.9. The molecule has 4 saturated carbocycles. The van der Waals surface area contributed by atoms with Crippen molar-refractivity contribution in [2.24, 2.45) is 16.7 Å². The van der Waals surface area contributed by atoms with E-state index in [4.69, 9.17) is 27.9 Å². The summed E-state index contributed by atoms with van der Waals surface area (Å²) in [6.07, 6.45) is 9.15. The number of benzene rings is 1. The van der Waals surface area contributed by atoms with E-state index in [1.807, 2.05) is 12.1 Å². The SMILES string of the molecule is CCCOc1c(Cl)cc(CNC23CC4CC(C)(CC(C)(C4)C2)C3)cc1Cl. The fourth-order valence-electron chi connectivity index (χ4n) is 6.99. The minimum atomic E-state index is 0.291. The molecule has 0 aliphatic heterocycles. The first kappa shape index (κ1) is 18.9. The van der Waals surface area contributed by atoms with Crippen molar-refractivity contribution in [3.63, 3.8) is 0 Å². The number of hydrogen-bond acceptors (Lipinski definition) is 2. The van der Waals surface area contributed by atoms with Crippen LogP contribution in [0.15, 0.2) is 12.1 Å². The van der Waals surface area contributed by atoms with Gasteiger partial charge >= 0.3 is 0 Å². The third kappa shape index (κ3) is 3.50. The van der Waals surface area contributed by atoms with Gasteiger partial charge in [-0.3, -0.25) is 0 Å². The number of hydrogen-bond donors (Lipinski definition) is 1. The molecular weight excluding hydrogens is 365 g/mol. The van der Waals surface area contributed by atoms with Crippen LogP contribution in [-0.2, 0) is 6.54 Å². The van der Waals surface area contributed by atoms with Gasteiger partial charge in [-0.2, -0.15) is 0 Å². The highest BCUT2D eigenvalue weighted by molar-refractivity contribution is 6.37. The van der Waals surface area contributed by atoms with Crippen LogP contribution in [-0.4, -0.2) is 12.1 Å². The van der Waals surface area contributed by atoms with Crippen LogP contribution in [0.5, 0.6) is 5.75 Å². The second-order valence-electron chi connectivity index (χ2n) is 10.0. The van der Waals surface area contributed by atoms with E-state index >= 15 is 0 Å². The van der Waals surface area contributed by atoms with Crippen molar-refractivity contribution < 1.29 is 4.74 Å². The zero-order valence-corrected chi connectivity index (χ0v) is 17.8. The van der Waals surface area contributed by atoms with Gasteiger partial charge in [-0.1, -0.05) is 44.0 Å². The average Bonchev–Trinajstić information content (AvgIpc) is 2.49. The molecule has 2 atom stereocenters. The maximum Gasteiger partial charge on any atom is 0.156 e. The minimum absolute atomic E-state index is 0.291. The number of halogens is 2. The fourth-order valence-corrected chi connectivity index (χ4v) is 7.63. The second kappa shape index (κ2) is 6.57. The second-order valence-corrected chi connectivity index (χ2v) is 10.8. The van der Waals surface area contributed by atoms with Crippen molar-refractivity contribution in [2.45, 2.75) is 77.8 Å². The third-order valence-electron chi connectivity index (χ3n) is 6.80. The summed E-state index contributed by atoms with van der Waals surface area (Å²) >= 11 is 12.9. The molecule has 2 nitrogen and oxygen atoms in total. The fraction of sp³-hybridized carbons (Fsp3) is 0.727. The predicted molar refractivity (Wildman–Crippen MR) is 109 cm³/mol. The molecule has 144 valence electrons. The molecule has 0 spiro atoms. The lowest BCUT2D eigenvalue weighted by Gasteiger charge is -2.65. The third-order valence-corrected chi connectivity index (χ3v) is 7.36. The van der Waals surface area contributed by atoms with Crippen LogP contribution in [0.3, 0.4) is 0 Å². The molecule has 0 saturated heterocycles.